The molecule has 18 heavy (non-hydrogen) atoms. The average molecular weight is 245 g/mol. The maximum atomic E-state index is 13.4. The highest BCUT2D eigenvalue weighted by Crippen LogP contribution is 2.28. The molecule has 0 heterocycles. The molecule has 0 bridgehead atoms. The standard InChI is InChI=1S/C15H16FNO/c1-10-7-11(2)15(14(17)8-10)18-9-12-5-3-4-6-13(12)16/h3-8H,9,17H2,1-2H3. The molecule has 0 fully saturated rings. The molecule has 0 amide bonds. The molecule has 2 N–H and O–H groups in total. The molecule has 94 valence electrons. The SMILES string of the molecule is Cc1cc(C)c(OCc2ccccc2F)c(N)c1. The Kier molecular flexibility index (Phi) is 3.51. The molecule has 3 heteroatoms. The van der Waals surface area contributed by atoms with Crippen molar-refractivity contribution in [1.82, 2.24) is 0 Å². The number of hydrogen-bond donors (Lipinski definition) is 1. The summed E-state index contributed by atoms with van der Waals surface area (Å²) < 4.78 is 19.1. The second kappa shape index (κ2) is 5.08. The summed E-state index contributed by atoms with van der Waals surface area (Å²) in [6.07, 6.45) is 0. The number of rotatable bonds is 3. The number of nitrogens with two attached hydrogens (primary N) is 1. The van der Waals surface area contributed by atoms with E-state index in [1.165, 1.54) is 6.07 Å². The number of nitrogen functional groups attached to an aromatic ring is 1. The summed E-state index contributed by atoms with van der Waals surface area (Å²) in [6.45, 7) is 4.09. The van der Waals surface area contributed by atoms with Gasteiger partial charge in [0.05, 0.1) is 5.69 Å². The Labute approximate surface area is 106 Å². The molecule has 0 saturated carbocycles. The summed E-state index contributed by atoms with van der Waals surface area (Å²) in [5.41, 5.74) is 9.07. The summed E-state index contributed by atoms with van der Waals surface area (Å²) in [7, 11) is 0. The molecule has 0 unspecified atom stereocenters. The predicted octanol–water partition coefficient (Wildman–Crippen LogP) is 3.60. The minimum atomic E-state index is -0.263. The summed E-state index contributed by atoms with van der Waals surface area (Å²) >= 11 is 0. The maximum Gasteiger partial charge on any atom is 0.145 e. The van der Waals surface area contributed by atoms with Gasteiger partial charge in [-0.3, -0.25) is 0 Å². The van der Waals surface area contributed by atoms with E-state index in [9.17, 15) is 4.39 Å². The minimum Gasteiger partial charge on any atom is -0.486 e. The van der Waals surface area contributed by atoms with Crippen LogP contribution in [0.5, 0.6) is 5.75 Å². The normalized spacial score (nSPS) is 10.4. The first-order chi connectivity index (χ1) is 8.58. The molecule has 0 aliphatic heterocycles. The highest BCUT2D eigenvalue weighted by molar-refractivity contribution is 5.58. The van der Waals surface area contributed by atoms with Gasteiger partial charge in [0.1, 0.15) is 18.2 Å². The van der Waals surface area contributed by atoms with Gasteiger partial charge in [-0.15, -0.1) is 0 Å². The van der Waals surface area contributed by atoms with E-state index >= 15 is 0 Å². The van der Waals surface area contributed by atoms with Crippen LogP contribution in [0.15, 0.2) is 36.4 Å². The first kappa shape index (κ1) is 12.4. The molecule has 2 aromatic carbocycles. The van der Waals surface area contributed by atoms with Gasteiger partial charge in [-0.1, -0.05) is 24.3 Å². The smallest absolute Gasteiger partial charge is 0.145 e. The third-order valence-electron chi connectivity index (χ3n) is 2.78. The average Bonchev–Trinajstić information content (AvgIpc) is 2.30. The van der Waals surface area contributed by atoms with Crippen molar-refractivity contribution in [3.8, 4) is 5.75 Å². The van der Waals surface area contributed by atoms with E-state index in [0.29, 0.717) is 17.0 Å². The zero-order valence-electron chi connectivity index (χ0n) is 10.5. The lowest BCUT2D eigenvalue weighted by molar-refractivity contribution is 0.299. The summed E-state index contributed by atoms with van der Waals surface area (Å²) in [5.74, 6) is 0.365. The Morgan fingerprint density at radius 3 is 2.56 bits per heavy atom. The third kappa shape index (κ3) is 2.62. The van der Waals surface area contributed by atoms with Gasteiger partial charge in [-0.05, 0) is 37.1 Å². The van der Waals surface area contributed by atoms with E-state index in [4.69, 9.17) is 10.5 Å². The zero-order valence-corrected chi connectivity index (χ0v) is 10.5. The first-order valence-electron chi connectivity index (χ1n) is 5.81. The molecular formula is C15H16FNO. The second-order valence-corrected chi connectivity index (χ2v) is 4.38. The number of benzene rings is 2. The van der Waals surface area contributed by atoms with E-state index < -0.39 is 0 Å². The van der Waals surface area contributed by atoms with Crippen molar-refractivity contribution >= 4 is 5.69 Å². The lowest BCUT2D eigenvalue weighted by atomic mass is 10.1. The molecule has 2 aromatic rings. The lowest BCUT2D eigenvalue weighted by Crippen LogP contribution is -2.02. The van der Waals surface area contributed by atoms with Gasteiger partial charge in [0.25, 0.3) is 0 Å². The van der Waals surface area contributed by atoms with E-state index in [1.54, 1.807) is 18.2 Å². The quantitative estimate of drug-likeness (QED) is 0.838. The van der Waals surface area contributed by atoms with Crippen LogP contribution in [0.25, 0.3) is 0 Å². The van der Waals surface area contributed by atoms with Crippen molar-refractivity contribution in [2.24, 2.45) is 0 Å². The van der Waals surface area contributed by atoms with Crippen LogP contribution in [0.1, 0.15) is 16.7 Å². The van der Waals surface area contributed by atoms with Crippen LogP contribution in [0.4, 0.5) is 10.1 Å². The van der Waals surface area contributed by atoms with Crippen molar-refractivity contribution in [3.63, 3.8) is 0 Å². The van der Waals surface area contributed by atoms with Gasteiger partial charge in [-0.2, -0.15) is 0 Å². The number of aryl methyl sites for hydroxylation is 2. The molecule has 0 atom stereocenters. The number of ether oxygens (including phenoxy) is 1. The molecule has 0 aliphatic carbocycles. The number of anilines is 1. The van der Waals surface area contributed by atoms with Crippen molar-refractivity contribution in [2.75, 3.05) is 5.73 Å². The van der Waals surface area contributed by atoms with Crippen LogP contribution in [0.2, 0.25) is 0 Å². The molecule has 0 spiro atoms. The van der Waals surface area contributed by atoms with Crippen LogP contribution in [0, 0.1) is 19.7 Å². The molecule has 0 radical (unpaired) electrons. The Bertz CT molecular complexity index is 543. The Morgan fingerprint density at radius 2 is 1.89 bits per heavy atom. The molecule has 2 nitrogen and oxygen atoms in total. The van der Waals surface area contributed by atoms with Gasteiger partial charge in [0, 0.05) is 5.56 Å². The fourth-order valence-electron chi connectivity index (χ4n) is 1.95. The monoisotopic (exact) mass is 245 g/mol. The molecule has 0 aromatic heterocycles. The van der Waals surface area contributed by atoms with Crippen LogP contribution in [-0.4, -0.2) is 0 Å². The van der Waals surface area contributed by atoms with Crippen molar-refractivity contribution in [3.05, 3.63) is 58.9 Å². The van der Waals surface area contributed by atoms with Crippen LogP contribution in [-0.2, 0) is 6.61 Å². The first-order valence-corrected chi connectivity index (χ1v) is 5.81. The van der Waals surface area contributed by atoms with Crippen molar-refractivity contribution in [1.29, 1.82) is 0 Å². The van der Waals surface area contributed by atoms with Crippen LogP contribution < -0.4 is 10.5 Å². The third-order valence-corrected chi connectivity index (χ3v) is 2.78. The fraction of sp³-hybridized carbons (Fsp3) is 0.200. The highest BCUT2D eigenvalue weighted by Gasteiger charge is 2.07. The van der Waals surface area contributed by atoms with Gasteiger partial charge in [0.2, 0.25) is 0 Å². The molecular weight excluding hydrogens is 229 g/mol. The zero-order chi connectivity index (χ0) is 13.1. The van der Waals surface area contributed by atoms with Crippen LogP contribution in [0.3, 0.4) is 0 Å². The predicted molar refractivity (Wildman–Crippen MR) is 71.1 cm³/mol. The van der Waals surface area contributed by atoms with Gasteiger partial charge in [0.15, 0.2) is 0 Å². The van der Waals surface area contributed by atoms with Gasteiger partial charge in [-0.25, -0.2) is 4.39 Å². The van der Waals surface area contributed by atoms with E-state index in [0.717, 1.165) is 11.1 Å². The van der Waals surface area contributed by atoms with Crippen LogP contribution >= 0.6 is 0 Å². The van der Waals surface area contributed by atoms with E-state index in [-0.39, 0.29) is 12.4 Å². The minimum absolute atomic E-state index is 0.181. The Hall–Kier alpha value is -2.03. The Morgan fingerprint density at radius 1 is 1.17 bits per heavy atom. The topological polar surface area (TPSA) is 35.2 Å². The Balaban J connectivity index is 2.19. The summed E-state index contributed by atoms with van der Waals surface area (Å²) in [4.78, 5) is 0. The second-order valence-electron chi connectivity index (χ2n) is 4.38. The molecule has 0 saturated heterocycles. The van der Waals surface area contributed by atoms with E-state index in [1.807, 2.05) is 26.0 Å². The number of hydrogen-bond acceptors (Lipinski definition) is 2. The molecule has 2 rings (SSSR count). The van der Waals surface area contributed by atoms with E-state index in [2.05, 4.69) is 0 Å². The fourth-order valence-corrected chi connectivity index (χ4v) is 1.95. The molecule has 0 aliphatic rings. The van der Waals surface area contributed by atoms with Gasteiger partial charge < -0.3 is 10.5 Å². The summed E-state index contributed by atoms with van der Waals surface area (Å²) in [6, 6.07) is 10.4. The van der Waals surface area contributed by atoms with Crippen molar-refractivity contribution < 1.29 is 9.13 Å². The highest BCUT2D eigenvalue weighted by atomic mass is 19.1. The van der Waals surface area contributed by atoms with Gasteiger partial charge >= 0.3 is 0 Å². The maximum absolute atomic E-state index is 13.4. The summed E-state index contributed by atoms with van der Waals surface area (Å²) in [5, 5.41) is 0. The largest absolute Gasteiger partial charge is 0.486 e. The van der Waals surface area contributed by atoms with Crippen molar-refractivity contribution in [2.45, 2.75) is 20.5 Å². The number of halogens is 1. The lowest BCUT2D eigenvalue weighted by Gasteiger charge is -2.13.